The molecule has 0 saturated heterocycles. The molecule has 0 spiro atoms. The van der Waals surface area contributed by atoms with Crippen LogP contribution in [-0.4, -0.2) is 36.0 Å². The predicted octanol–water partition coefficient (Wildman–Crippen LogP) is -0.662. The summed E-state index contributed by atoms with van der Waals surface area (Å²) in [5, 5.41) is 12.6. The van der Waals surface area contributed by atoms with Gasteiger partial charge in [0.25, 0.3) is 5.91 Å². The molecule has 0 radical (unpaired) electrons. The number of carbonyl (C=O) groups is 3. The van der Waals surface area contributed by atoms with E-state index in [-0.39, 0.29) is 11.3 Å². The molecular formula is C11H12FN3O4. The Kier molecular flexibility index (Phi) is 4.81. The highest BCUT2D eigenvalue weighted by atomic mass is 19.1. The zero-order valence-corrected chi connectivity index (χ0v) is 9.77. The number of halogens is 1. The maximum absolute atomic E-state index is 13.1. The summed E-state index contributed by atoms with van der Waals surface area (Å²) in [6.07, 6.45) is 0. The molecule has 0 heterocycles. The van der Waals surface area contributed by atoms with Crippen molar-refractivity contribution in [1.82, 2.24) is 10.6 Å². The summed E-state index contributed by atoms with van der Waals surface area (Å²) in [6, 6.07) is 3.72. The Morgan fingerprint density at radius 1 is 1.21 bits per heavy atom. The van der Waals surface area contributed by atoms with Crippen LogP contribution in [-0.2, 0) is 9.59 Å². The van der Waals surface area contributed by atoms with E-state index >= 15 is 0 Å². The number of nitrogens with two attached hydrogens (primary N) is 1. The number of carbonyl (C=O) groups excluding carboxylic acids is 2. The highest BCUT2D eigenvalue weighted by Gasteiger charge is 2.13. The van der Waals surface area contributed by atoms with Gasteiger partial charge in [-0.15, -0.1) is 0 Å². The Morgan fingerprint density at radius 3 is 2.53 bits per heavy atom. The lowest BCUT2D eigenvalue weighted by atomic mass is 10.1. The van der Waals surface area contributed by atoms with E-state index in [0.29, 0.717) is 0 Å². The van der Waals surface area contributed by atoms with Gasteiger partial charge in [0.1, 0.15) is 12.4 Å². The molecule has 0 fully saturated rings. The lowest BCUT2D eigenvalue weighted by molar-refractivity contribution is -0.137. The highest BCUT2D eigenvalue weighted by Crippen LogP contribution is 2.15. The lowest BCUT2D eigenvalue weighted by Crippen LogP contribution is -2.39. The maximum Gasteiger partial charge on any atom is 0.322 e. The van der Waals surface area contributed by atoms with Gasteiger partial charge >= 0.3 is 5.97 Å². The monoisotopic (exact) mass is 269 g/mol. The van der Waals surface area contributed by atoms with Gasteiger partial charge in [0.05, 0.1) is 17.8 Å². The number of hydrogen-bond acceptors (Lipinski definition) is 4. The van der Waals surface area contributed by atoms with Crippen LogP contribution in [0.3, 0.4) is 0 Å². The number of anilines is 1. The van der Waals surface area contributed by atoms with Gasteiger partial charge in [-0.05, 0) is 12.1 Å². The van der Waals surface area contributed by atoms with Crippen molar-refractivity contribution in [3.8, 4) is 0 Å². The van der Waals surface area contributed by atoms with Crippen LogP contribution in [0.5, 0.6) is 0 Å². The summed E-state index contributed by atoms with van der Waals surface area (Å²) >= 11 is 0. The van der Waals surface area contributed by atoms with Crippen molar-refractivity contribution in [2.24, 2.45) is 0 Å². The second-order valence-corrected chi connectivity index (χ2v) is 3.55. The molecule has 2 amide bonds. The van der Waals surface area contributed by atoms with E-state index < -0.39 is 36.7 Å². The van der Waals surface area contributed by atoms with Crippen molar-refractivity contribution in [2.45, 2.75) is 0 Å². The largest absolute Gasteiger partial charge is 0.480 e. The van der Waals surface area contributed by atoms with Gasteiger partial charge in [0.15, 0.2) is 0 Å². The van der Waals surface area contributed by atoms with Crippen LogP contribution in [0.2, 0.25) is 0 Å². The number of rotatable bonds is 5. The van der Waals surface area contributed by atoms with Gasteiger partial charge < -0.3 is 21.5 Å². The zero-order valence-electron chi connectivity index (χ0n) is 9.77. The molecule has 0 aromatic heterocycles. The van der Waals surface area contributed by atoms with E-state index in [4.69, 9.17) is 10.8 Å². The first-order valence-corrected chi connectivity index (χ1v) is 5.22. The number of carboxylic acids is 1. The van der Waals surface area contributed by atoms with Gasteiger partial charge in [0.2, 0.25) is 5.91 Å². The van der Waals surface area contributed by atoms with Crippen molar-refractivity contribution in [3.63, 3.8) is 0 Å². The normalized spacial score (nSPS) is 9.74. The number of benzene rings is 1. The first-order chi connectivity index (χ1) is 8.91. The number of nitrogens with one attached hydrogen (secondary N) is 2. The van der Waals surface area contributed by atoms with E-state index in [0.717, 1.165) is 6.07 Å². The Labute approximate surface area is 107 Å². The Morgan fingerprint density at radius 2 is 1.89 bits per heavy atom. The maximum atomic E-state index is 13.1. The van der Waals surface area contributed by atoms with Crippen LogP contribution in [0.15, 0.2) is 18.2 Å². The van der Waals surface area contributed by atoms with Gasteiger partial charge in [-0.2, -0.15) is 0 Å². The Balaban J connectivity index is 2.54. The van der Waals surface area contributed by atoms with Crippen LogP contribution in [0.4, 0.5) is 10.1 Å². The highest BCUT2D eigenvalue weighted by molar-refractivity contribution is 6.00. The van der Waals surface area contributed by atoms with Crippen molar-refractivity contribution >= 4 is 23.5 Å². The molecule has 0 aliphatic heterocycles. The first-order valence-electron chi connectivity index (χ1n) is 5.22. The van der Waals surface area contributed by atoms with E-state index in [1.165, 1.54) is 12.1 Å². The average molecular weight is 269 g/mol. The van der Waals surface area contributed by atoms with Crippen molar-refractivity contribution in [1.29, 1.82) is 0 Å². The molecule has 7 nitrogen and oxygen atoms in total. The second kappa shape index (κ2) is 6.34. The van der Waals surface area contributed by atoms with Crippen LogP contribution in [0.1, 0.15) is 10.4 Å². The third kappa shape index (κ3) is 4.26. The third-order valence-electron chi connectivity index (χ3n) is 2.14. The number of amides is 2. The fraction of sp³-hybridized carbons (Fsp3) is 0.182. The molecule has 8 heteroatoms. The summed E-state index contributed by atoms with van der Waals surface area (Å²) in [4.78, 5) is 32.9. The van der Waals surface area contributed by atoms with Crippen molar-refractivity contribution < 1.29 is 23.9 Å². The van der Waals surface area contributed by atoms with Crippen molar-refractivity contribution in [2.75, 3.05) is 18.8 Å². The van der Waals surface area contributed by atoms with Gasteiger partial charge in [-0.3, -0.25) is 14.4 Å². The minimum atomic E-state index is -1.20. The molecule has 5 N–H and O–H groups in total. The van der Waals surface area contributed by atoms with Crippen LogP contribution >= 0.6 is 0 Å². The van der Waals surface area contributed by atoms with Gasteiger partial charge in [-0.25, -0.2) is 4.39 Å². The van der Waals surface area contributed by atoms with Crippen LogP contribution in [0, 0.1) is 5.82 Å². The lowest BCUT2D eigenvalue weighted by Gasteiger charge is -2.07. The van der Waals surface area contributed by atoms with Gasteiger partial charge in [0, 0.05) is 0 Å². The minimum Gasteiger partial charge on any atom is -0.480 e. The smallest absolute Gasteiger partial charge is 0.322 e. The molecule has 1 aromatic carbocycles. The zero-order chi connectivity index (χ0) is 14.4. The summed E-state index contributed by atoms with van der Waals surface area (Å²) < 4.78 is 13.1. The van der Waals surface area contributed by atoms with Crippen LogP contribution < -0.4 is 16.4 Å². The van der Waals surface area contributed by atoms with Crippen LogP contribution in [0.25, 0.3) is 0 Å². The molecule has 0 aliphatic carbocycles. The molecule has 0 atom stereocenters. The SMILES string of the molecule is Nc1c(F)cccc1C(=O)NCC(=O)NCC(=O)O. The summed E-state index contributed by atoms with van der Waals surface area (Å²) in [5.74, 6) is -3.33. The van der Waals surface area contributed by atoms with E-state index in [1.54, 1.807) is 0 Å². The summed E-state index contributed by atoms with van der Waals surface area (Å²) in [6.45, 7) is -0.973. The topological polar surface area (TPSA) is 122 Å². The molecular weight excluding hydrogens is 257 g/mol. The number of hydrogen-bond donors (Lipinski definition) is 4. The standard InChI is InChI=1S/C11H12FN3O4/c12-7-3-1-2-6(10(7)13)11(19)15-4-8(16)14-5-9(17)18/h1-3H,4-5,13H2,(H,14,16)(H,15,19)(H,17,18). The summed E-state index contributed by atoms with van der Waals surface area (Å²) in [5.41, 5.74) is 4.97. The van der Waals surface area contributed by atoms with Gasteiger partial charge in [-0.1, -0.05) is 6.07 Å². The molecule has 19 heavy (non-hydrogen) atoms. The summed E-state index contributed by atoms with van der Waals surface area (Å²) in [7, 11) is 0. The quantitative estimate of drug-likeness (QED) is 0.529. The van der Waals surface area contributed by atoms with E-state index in [1.807, 2.05) is 0 Å². The number of carboxylic acid groups (broad SMARTS) is 1. The third-order valence-corrected chi connectivity index (χ3v) is 2.14. The average Bonchev–Trinajstić information content (AvgIpc) is 2.36. The number of para-hydroxylation sites is 1. The minimum absolute atomic E-state index is 0.0916. The second-order valence-electron chi connectivity index (χ2n) is 3.55. The molecule has 0 bridgehead atoms. The number of aliphatic carboxylic acids is 1. The Bertz CT molecular complexity index is 519. The molecule has 1 rings (SSSR count). The Hall–Kier alpha value is -2.64. The van der Waals surface area contributed by atoms with Crippen molar-refractivity contribution in [3.05, 3.63) is 29.6 Å². The molecule has 1 aromatic rings. The molecule has 102 valence electrons. The first kappa shape index (κ1) is 14.4. The predicted molar refractivity (Wildman–Crippen MR) is 63.8 cm³/mol. The fourth-order valence-corrected chi connectivity index (χ4v) is 1.23. The van der Waals surface area contributed by atoms with E-state index in [2.05, 4.69) is 10.6 Å². The fourth-order valence-electron chi connectivity index (χ4n) is 1.23. The molecule has 0 aliphatic rings. The van der Waals surface area contributed by atoms with E-state index in [9.17, 15) is 18.8 Å². The molecule has 0 unspecified atom stereocenters. The number of nitrogen functional groups attached to an aromatic ring is 1. The molecule has 0 saturated carbocycles.